The van der Waals surface area contributed by atoms with E-state index in [1.54, 1.807) is 17.9 Å². The molecule has 12 heteroatoms. The smallest absolute Gasteiger partial charge is 0.416 e. The molecule has 0 radical (unpaired) electrons. The quantitative estimate of drug-likeness (QED) is 0.592. The summed E-state index contributed by atoms with van der Waals surface area (Å²) in [4.78, 5) is 20.9. The predicted octanol–water partition coefficient (Wildman–Crippen LogP) is 3.94. The van der Waals surface area contributed by atoms with Gasteiger partial charge in [-0.15, -0.1) is 5.10 Å². The maximum atomic E-state index is 13.4. The standard InChI is InChI=1S/C21H24F3N5O3S/c1-3-15-25-19-29(26-15)18(30)17(33-19)16(13-6-5-7-14(12-13)21(22,23)24)27-8-10-28(11-9-27)20(31)32-4-2/h5-7,12,16,30H,3-4,8-11H2,1-2H3/t16-/m0/s1. The molecule has 1 aromatic carbocycles. The molecule has 0 saturated carbocycles. The SMILES string of the molecule is CCOC(=O)N1CCN([C@@H](c2cccc(C(F)(F)F)c2)c2sc3nc(CC)nn3c2O)CC1. The molecule has 178 valence electrons. The summed E-state index contributed by atoms with van der Waals surface area (Å²) in [6, 6.07) is 4.45. The van der Waals surface area contributed by atoms with Crippen LogP contribution in [-0.2, 0) is 17.3 Å². The lowest BCUT2D eigenvalue weighted by Crippen LogP contribution is -2.50. The number of rotatable bonds is 5. The van der Waals surface area contributed by atoms with Crippen LogP contribution < -0.4 is 0 Å². The first-order chi connectivity index (χ1) is 15.7. The number of benzene rings is 1. The number of hydrogen-bond donors (Lipinski definition) is 1. The van der Waals surface area contributed by atoms with Crippen molar-refractivity contribution in [3.8, 4) is 5.88 Å². The van der Waals surface area contributed by atoms with Crippen LogP contribution in [0.3, 0.4) is 0 Å². The number of fused-ring (bicyclic) bond motifs is 1. The van der Waals surface area contributed by atoms with Crippen molar-refractivity contribution in [2.45, 2.75) is 32.5 Å². The van der Waals surface area contributed by atoms with Gasteiger partial charge in [-0.3, -0.25) is 4.90 Å². The number of aromatic nitrogens is 3. The van der Waals surface area contributed by atoms with Crippen LogP contribution in [0.2, 0.25) is 0 Å². The average Bonchev–Trinajstić information content (AvgIpc) is 3.33. The van der Waals surface area contributed by atoms with E-state index >= 15 is 0 Å². The Morgan fingerprint density at radius 2 is 1.97 bits per heavy atom. The third-order valence-electron chi connectivity index (χ3n) is 5.54. The normalized spacial score (nSPS) is 16.3. The van der Waals surface area contributed by atoms with Crippen molar-refractivity contribution < 1.29 is 27.8 Å². The highest BCUT2D eigenvalue weighted by Crippen LogP contribution is 2.41. The van der Waals surface area contributed by atoms with E-state index in [-0.39, 0.29) is 12.5 Å². The number of ether oxygens (including phenoxy) is 1. The van der Waals surface area contributed by atoms with Crippen LogP contribution in [0.15, 0.2) is 24.3 Å². The number of piperazine rings is 1. The Labute approximate surface area is 192 Å². The van der Waals surface area contributed by atoms with Gasteiger partial charge in [0.25, 0.3) is 0 Å². The lowest BCUT2D eigenvalue weighted by atomic mass is 10.00. The number of alkyl halides is 3. The van der Waals surface area contributed by atoms with Gasteiger partial charge in [0.1, 0.15) is 0 Å². The highest BCUT2D eigenvalue weighted by molar-refractivity contribution is 7.17. The predicted molar refractivity (Wildman–Crippen MR) is 115 cm³/mol. The lowest BCUT2D eigenvalue weighted by Gasteiger charge is -2.38. The Morgan fingerprint density at radius 3 is 2.58 bits per heavy atom. The first-order valence-electron chi connectivity index (χ1n) is 10.6. The van der Waals surface area contributed by atoms with Gasteiger partial charge in [0.2, 0.25) is 10.8 Å². The average molecular weight is 484 g/mol. The van der Waals surface area contributed by atoms with Gasteiger partial charge in [-0.2, -0.15) is 17.7 Å². The summed E-state index contributed by atoms with van der Waals surface area (Å²) in [5, 5.41) is 15.2. The number of amides is 1. The molecule has 1 aliphatic rings. The van der Waals surface area contributed by atoms with E-state index in [1.807, 2.05) is 11.8 Å². The molecule has 8 nitrogen and oxygen atoms in total. The molecule has 3 aromatic rings. The zero-order valence-corrected chi connectivity index (χ0v) is 19.0. The van der Waals surface area contributed by atoms with E-state index in [9.17, 15) is 23.1 Å². The zero-order valence-electron chi connectivity index (χ0n) is 18.2. The number of hydrogen-bond acceptors (Lipinski definition) is 7. The van der Waals surface area contributed by atoms with Crippen molar-refractivity contribution >= 4 is 22.4 Å². The summed E-state index contributed by atoms with van der Waals surface area (Å²) in [6.45, 7) is 5.39. The van der Waals surface area contributed by atoms with Crippen molar-refractivity contribution in [3.63, 3.8) is 0 Å². The van der Waals surface area contributed by atoms with Gasteiger partial charge in [0, 0.05) is 32.6 Å². The van der Waals surface area contributed by atoms with Crippen LogP contribution in [0.25, 0.3) is 4.96 Å². The Morgan fingerprint density at radius 1 is 1.24 bits per heavy atom. The highest BCUT2D eigenvalue weighted by Gasteiger charge is 2.35. The second-order valence-corrected chi connectivity index (χ2v) is 8.62. The van der Waals surface area contributed by atoms with E-state index in [4.69, 9.17) is 4.74 Å². The summed E-state index contributed by atoms with van der Waals surface area (Å²) in [7, 11) is 0. The third-order valence-corrected chi connectivity index (χ3v) is 6.62. The molecule has 33 heavy (non-hydrogen) atoms. The van der Waals surface area contributed by atoms with Gasteiger partial charge in [0.05, 0.1) is 23.1 Å². The number of thiazole rings is 1. The largest absolute Gasteiger partial charge is 0.492 e. The van der Waals surface area contributed by atoms with Gasteiger partial charge >= 0.3 is 12.3 Å². The van der Waals surface area contributed by atoms with Crippen LogP contribution in [0.5, 0.6) is 5.88 Å². The molecule has 1 fully saturated rings. The highest BCUT2D eigenvalue weighted by atomic mass is 32.1. The number of carbonyl (C=O) groups is 1. The van der Waals surface area contributed by atoms with Crippen LogP contribution in [-0.4, -0.2) is 68.4 Å². The molecule has 1 amide bonds. The fraction of sp³-hybridized carbons (Fsp3) is 0.476. The molecular weight excluding hydrogens is 459 g/mol. The lowest BCUT2D eigenvalue weighted by molar-refractivity contribution is -0.137. The first kappa shape index (κ1) is 23.3. The topological polar surface area (TPSA) is 83.2 Å². The molecule has 1 saturated heterocycles. The number of halogens is 3. The summed E-state index contributed by atoms with van der Waals surface area (Å²) < 4.78 is 46.7. The van der Waals surface area contributed by atoms with E-state index in [1.165, 1.54) is 21.9 Å². The minimum atomic E-state index is -4.49. The summed E-state index contributed by atoms with van der Waals surface area (Å²) >= 11 is 1.20. The fourth-order valence-electron chi connectivity index (χ4n) is 3.91. The van der Waals surface area contributed by atoms with Crippen LogP contribution in [0.4, 0.5) is 18.0 Å². The van der Waals surface area contributed by atoms with E-state index in [0.29, 0.717) is 53.8 Å². The maximum Gasteiger partial charge on any atom is 0.416 e. The molecule has 1 aliphatic heterocycles. The van der Waals surface area contributed by atoms with Crippen molar-refractivity contribution in [2.75, 3.05) is 32.8 Å². The molecule has 1 N–H and O–H groups in total. The number of nitrogens with zero attached hydrogens (tertiary/aromatic N) is 5. The molecular formula is C21H24F3N5O3S. The Balaban J connectivity index is 1.72. The minimum absolute atomic E-state index is 0.141. The van der Waals surface area contributed by atoms with Crippen molar-refractivity contribution in [2.24, 2.45) is 0 Å². The van der Waals surface area contributed by atoms with Crippen LogP contribution in [0.1, 0.15) is 41.7 Å². The van der Waals surface area contributed by atoms with Gasteiger partial charge in [0.15, 0.2) is 5.82 Å². The zero-order chi connectivity index (χ0) is 23.8. The number of aromatic hydroxyl groups is 1. The van der Waals surface area contributed by atoms with Crippen molar-refractivity contribution in [3.05, 3.63) is 46.1 Å². The fourth-order valence-corrected chi connectivity index (χ4v) is 5.05. The van der Waals surface area contributed by atoms with Crippen LogP contribution in [0, 0.1) is 0 Å². The van der Waals surface area contributed by atoms with Gasteiger partial charge in [-0.25, -0.2) is 9.78 Å². The molecule has 0 aliphatic carbocycles. The monoisotopic (exact) mass is 483 g/mol. The number of aryl methyl sites for hydroxylation is 1. The Kier molecular flexibility index (Phi) is 6.48. The molecule has 1 atom stereocenters. The number of carbonyl (C=O) groups excluding carboxylic acids is 1. The second-order valence-electron chi connectivity index (χ2n) is 7.61. The minimum Gasteiger partial charge on any atom is -0.492 e. The third kappa shape index (κ3) is 4.62. The maximum absolute atomic E-state index is 13.4. The van der Waals surface area contributed by atoms with Gasteiger partial charge < -0.3 is 14.7 Å². The van der Waals surface area contributed by atoms with E-state index in [2.05, 4.69) is 10.1 Å². The van der Waals surface area contributed by atoms with Crippen molar-refractivity contribution in [1.29, 1.82) is 0 Å². The van der Waals surface area contributed by atoms with Gasteiger partial charge in [-0.1, -0.05) is 30.4 Å². The first-order valence-corrected chi connectivity index (χ1v) is 11.4. The second kappa shape index (κ2) is 9.18. The Hall–Kier alpha value is -2.86. The molecule has 4 rings (SSSR count). The van der Waals surface area contributed by atoms with Gasteiger partial charge in [-0.05, 0) is 24.6 Å². The summed E-state index contributed by atoms with van der Waals surface area (Å²) in [5.74, 6) is 0.430. The molecule has 2 aromatic heterocycles. The molecule has 0 unspecified atom stereocenters. The summed E-state index contributed by atoms with van der Waals surface area (Å²) in [5.41, 5.74) is -0.368. The Bertz CT molecular complexity index is 1140. The van der Waals surface area contributed by atoms with E-state index < -0.39 is 23.9 Å². The van der Waals surface area contributed by atoms with E-state index in [0.717, 1.165) is 12.1 Å². The van der Waals surface area contributed by atoms with Crippen LogP contribution >= 0.6 is 11.3 Å². The summed E-state index contributed by atoms with van der Waals surface area (Å²) in [6.07, 6.45) is -4.32. The molecule has 0 bridgehead atoms. The molecule has 3 heterocycles. The molecule has 0 spiro atoms. The van der Waals surface area contributed by atoms with Crippen molar-refractivity contribution in [1.82, 2.24) is 24.4 Å².